The third kappa shape index (κ3) is 6.51. The zero-order valence-corrected chi connectivity index (χ0v) is 32.1. The predicted molar refractivity (Wildman–Crippen MR) is 203 cm³/mol. The van der Waals surface area contributed by atoms with Gasteiger partial charge in [0, 0.05) is 52.8 Å². The molecule has 0 fully saturated rings. The Kier molecular flexibility index (Phi) is 9.73. The van der Waals surface area contributed by atoms with Gasteiger partial charge in [-0.1, -0.05) is 74.2 Å². The van der Waals surface area contributed by atoms with Crippen LogP contribution in [-0.4, -0.2) is 9.97 Å². The van der Waals surface area contributed by atoms with Crippen LogP contribution in [0.25, 0.3) is 65.7 Å². The average molecular weight is 835 g/mol. The number of pyridine rings is 2. The smallest absolute Gasteiger partial charge is 0.129 e. The molecular formula is C44H38IrN2OS-2. The van der Waals surface area contributed by atoms with E-state index in [1.165, 1.54) is 48.3 Å². The molecule has 0 atom stereocenters. The number of thiophene rings is 1. The van der Waals surface area contributed by atoms with E-state index in [-0.39, 0.29) is 25.5 Å². The fourth-order valence-corrected chi connectivity index (χ4v) is 7.61. The number of hydrogen-bond acceptors (Lipinski definition) is 4. The number of hydrogen-bond donors (Lipinski definition) is 0. The van der Waals surface area contributed by atoms with Gasteiger partial charge in [-0.2, -0.15) is 0 Å². The van der Waals surface area contributed by atoms with Gasteiger partial charge < -0.3 is 14.4 Å². The molecule has 0 aliphatic carbocycles. The van der Waals surface area contributed by atoms with Gasteiger partial charge in [-0.15, -0.1) is 65.4 Å². The van der Waals surface area contributed by atoms with Gasteiger partial charge in [0.2, 0.25) is 0 Å². The zero-order chi connectivity index (χ0) is 33.6. The molecular weight excluding hydrogens is 797 g/mol. The molecule has 49 heavy (non-hydrogen) atoms. The van der Waals surface area contributed by atoms with Crippen molar-refractivity contribution in [1.82, 2.24) is 9.97 Å². The third-order valence-electron chi connectivity index (χ3n) is 9.10. The molecule has 4 aromatic carbocycles. The number of nitrogens with zero attached hydrogens (tertiary/aromatic N) is 2. The molecule has 3 nitrogen and oxygen atoms in total. The molecule has 8 rings (SSSR count). The van der Waals surface area contributed by atoms with Gasteiger partial charge in [0.15, 0.2) is 0 Å². The molecule has 4 aromatic heterocycles. The van der Waals surface area contributed by atoms with Crippen molar-refractivity contribution in [2.75, 3.05) is 0 Å². The molecule has 8 aromatic rings. The molecule has 0 bridgehead atoms. The largest absolute Gasteiger partial charge is 0.500 e. The van der Waals surface area contributed by atoms with Crippen molar-refractivity contribution >= 4 is 43.4 Å². The van der Waals surface area contributed by atoms with E-state index < -0.39 is 0 Å². The van der Waals surface area contributed by atoms with E-state index in [1.807, 2.05) is 59.9 Å². The summed E-state index contributed by atoms with van der Waals surface area (Å²) in [7, 11) is 0. The first-order valence-electron chi connectivity index (χ1n) is 16.3. The maximum atomic E-state index is 6.67. The predicted octanol–water partition coefficient (Wildman–Crippen LogP) is 12.4. The Morgan fingerprint density at radius 3 is 2.16 bits per heavy atom. The molecule has 0 saturated carbocycles. The molecule has 0 unspecified atom stereocenters. The van der Waals surface area contributed by atoms with Crippen LogP contribution in [0.4, 0.5) is 0 Å². The minimum atomic E-state index is -0.0371. The maximum absolute atomic E-state index is 6.67. The summed E-state index contributed by atoms with van der Waals surface area (Å²) in [4.78, 5) is 10.5. The van der Waals surface area contributed by atoms with Crippen molar-refractivity contribution in [2.45, 2.75) is 53.9 Å². The zero-order valence-electron chi connectivity index (χ0n) is 28.9. The van der Waals surface area contributed by atoms with Gasteiger partial charge >= 0.3 is 0 Å². The Bertz CT molecular complexity index is 2360. The third-order valence-corrected chi connectivity index (χ3v) is 10.3. The van der Waals surface area contributed by atoms with Gasteiger partial charge in [0.05, 0.1) is 5.58 Å². The number of fused-ring (bicyclic) bond motifs is 5. The first-order valence-corrected chi connectivity index (χ1v) is 17.1. The average Bonchev–Trinajstić information content (AvgIpc) is 3.61. The molecule has 0 saturated heterocycles. The molecule has 0 spiro atoms. The van der Waals surface area contributed by atoms with E-state index >= 15 is 0 Å². The van der Waals surface area contributed by atoms with E-state index in [1.54, 1.807) is 6.20 Å². The summed E-state index contributed by atoms with van der Waals surface area (Å²) in [5, 5.41) is 3.48. The Morgan fingerprint density at radius 2 is 1.47 bits per heavy atom. The topological polar surface area (TPSA) is 38.9 Å². The number of aryl methyl sites for hydroxylation is 4. The molecule has 5 heteroatoms. The standard InChI is InChI=1S/C33H30NOS.C11H8N.Ir/c1-18-10-8-11-19(2)29(18)25-16-27(34-17-26(25)33(5,6)7)24-13-9-12-22-23-14-15-28-30(20(3)21(4)36-28)32(23)35-31(22)24;1-2-6-10(7-3-1)11-8-4-5-9-12-11;/h8-12,14-17H,1-7H3;1-6,8-9H;/q2*-1;. The van der Waals surface area contributed by atoms with Crippen LogP contribution in [0.1, 0.15) is 47.9 Å². The van der Waals surface area contributed by atoms with Gasteiger partial charge in [0.25, 0.3) is 0 Å². The summed E-state index contributed by atoms with van der Waals surface area (Å²) in [6.07, 6.45) is 3.84. The molecule has 4 heterocycles. The van der Waals surface area contributed by atoms with Crippen molar-refractivity contribution in [2.24, 2.45) is 0 Å². The van der Waals surface area contributed by atoms with Crippen LogP contribution in [0.15, 0.2) is 108 Å². The van der Waals surface area contributed by atoms with Crippen molar-refractivity contribution in [1.29, 1.82) is 0 Å². The van der Waals surface area contributed by atoms with E-state index in [2.05, 4.69) is 114 Å². The second-order valence-corrected chi connectivity index (χ2v) is 14.7. The first-order chi connectivity index (χ1) is 23.1. The Morgan fingerprint density at radius 1 is 0.714 bits per heavy atom. The van der Waals surface area contributed by atoms with Crippen molar-refractivity contribution in [3.63, 3.8) is 0 Å². The molecule has 247 valence electrons. The minimum absolute atomic E-state index is 0. The number of benzene rings is 4. The summed E-state index contributed by atoms with van der Waals surface area (Å²) in [6, 6.07) is 37.6. The molecule has 1 radical (unpaired) electrons. The van der Waals surface area contributed by atoms with E-state index in [9.17, 15) is 0 Å². The Balaban J connectivity index is 0.000000270. The fraction of sp³-hybridized carbons (Fsp3) is 0.182. The van der Waals surface area contributed by atoms with E-state index in [4.69, 9.17) is 9.40 Å². The first kappa shape index (κ1) is 34.5. The molecule has 0 aliphatic heterocycles. The van der Waals surface area contributed by atoms with Crippen molar-refractivity contribution in [3.8, 4) is 33.6 Å². The SMILES string of the molecule is Cc1cccc(C)c1-c1cc(-c2[c-]ccc3c2oc2c3ccc3sc(C)c(C)c32)ncc1C(C)(C)C.[Ir].[c-]1ccccc1-c1ccccn1. The van der Waals surface area contributed by atoms with Crippen LogP contribution in [0.5, 0.6) is 0 Å². The molecule has 0 aliphatic rings. The number of aromatic nitrogens is 2. The summed E-state index contributed by atoms with van der Waals surface area (Å²) < 4.78 is 7.94. The van der Waals surface area contributed by atoms with Gasteiger partial charge in [-0.25, -0.2) is 0 Å². The van der Waals surface area contributed by atoms with E-state index in [0.717, 1.165) is 44.5 Å². The Labute approximate surface area is 306 Å². The summed E-state index contributed by atoms with van der Waals surface area (Å²) in [5.74, 6) is 0. The Hall–Kier alpha value is -4.41. The van der Waals surface area contributed by atoms with Gasteiger partial charge in [-0.3, -0.25) is 0 Å². The quantitative estimate of drug-likeness (QED) is 0.166. The summed E-state index contributed by atoms with van der Waals surface area (Å²) in [5.41, 5.74) is 13.2. The summed E-state index contributed by atoms with van der Waals surface area (Å²) in [6.45, 7) is 15.5. The maximum Gasteiger partial charge on any atom is 0.129 e. The van der Waals surface area contributed by atoms with E-state index in [0.29, 0.717) is 0 Å². The van der Waals surface area contributed by atoms with Gasteiger partial charge in [0.1, 0.15) is 5.58 Å². The number of furan rings is 1. The van der Waals surface area contributed by atoms with Gasteiger partial charge in [-0.05, 0) is 90.0 Å². The second-order valence-electron chi connectivity index (χ2n) is 13.4. The fourth-order valence-electron chi connectivity index (χ4n) is 6.55. The number of rotatable bonds is 3. The van der Waals surface area contributed by atoms with Crippen LogP contribution in [0, 0.1) is 39.8 Å². The monoisotopic (exact) mass is 835 g/mol. The van der Waals surface area contributed by atoms with Crippen molar-refractivity contribution < 1.29 is 24.5 Å². The molecule has 0 N–H and O–H groups in total. The minimum Gasteiger partial charge on any atom is -0.500 e. The van der Waals surface area contributed by atoms with Crippen LogP contribution < -0.4 is 0 Å². The van der Waals surface area contributed by atoms with Crippen LogP contribution >= 0.6 is 11.3 Å². The van der Waals surface area contributed by atoms with Crippen LogP contribution in [0.3, 0.4) is 0 Å². The second kappa shape index (κ2) is 13.8. The summed E-state index contributed by atoms with van der Waals surface area (Å²) >= 11 is 1.83. The van der Waals surface area contributed by atoms with Crippen LogP contribution in [0.2, 0.25) is 0 Å². The normalized spacial score (nSPS) is 11.4. The van der Waals surface area contributed by atoms with Crippen LogP contribution in [-0.2, 0) is 25.5 Å². The van der Waals surface area contributed by atoms with Crippen molar-refractivity contribution in [3.05, 3.63) is 143 Å². The molecule has 0 amide bonds.